The smallest absolute Gasteiger partial charge is 0.187 e. The molecule has 0 spiro atoms. The molecule has 1 aromatic heterocycles. The van der Waals surface area contributed by atoms with Gasteiger partial charge in [0, 0.05) is 17.5 Å². The van der Waals surface area contributed by atoms with Gasteiger partial charge in [0.25, 0.3) is 0 Å². The van der Waals surface area contributed by atoms with Crippen LogP contribution in [-0.2, 0) is 13.0 Å². The maximum atomic E-state index is 8.95. The molecular weight excluding hydrogens is 324 g/mol. The molecule has 6 heteroatoms. The van der Waals surface area contributed by atoms with E-state index in [9.17, 15) is 0 Å². The molecule has 0 radical (unpaired) electrons. The molecule has 0 saturated heterocycles. The van der Waals surface area contributed by atoms with Crippen LogP contribution in [0.5, 0.6) is 5.75 Å². The summed E-state index contributed by atoms with van der Waals surface area (Å²) in [6.07, 6.45) is -1.24. The summed E-state index contributed by atoms with van der Waals surface area (Å²) in [7, 11) is 0. The van der Waals surface area contributed by atoms with Gasteiger partial charge in [-0.15, -0.1) is 11.3 Å². The van der Waals surface area contributed by atoms with E-state index in [-0.39, 0.29) is 6.42 Å². The number of aliphatic hydroxyl groups excluding tert-OH is 1. The number of aliphatic hydroxyl groups is 2. The molecule has 0 atom stereocenters. The summed E-state index contributed by atoms with van der Waals surface area (Å²) in [4.78, 5) is 4.30. The van der Waals surface area contributed by atoms with Gasteiger partial charge in [0.1, 0.15) is 12.4 Å². The van der Waals surface area contributed by atoms with Gasteiger partial charge in [-0.3, -0.25) is 0 Å². The van der Waals surface area contributed by atoms with E-state index in [1.165, 1.54) is 11.3 Å². The largest absolute Gasteiger partial charge is 0.489 e. The van der Waals surface area contributed by atoms with Crippen molar-refractivity contribution in [2.45, 2.75) is 19.3 Å². The summed E-state index contributed by atoms with van der Waals surface area (Å²) in [6.45, 7) is 0.535. The minimum atomic E-state index is -1.37. The molecule has 3 N–H and O–H groups in total. The molecule has 0 unspecified atom stereocenters. The Kier molecular flexibility index (Phi) is 5.43. The molecule has 2 aromatic carbocycles. The molecular formula is C18H18N2O3S. The van der Waals surface area contributed by atoms with Crippen LogP contribution in [0.25, 0.3) is 0 Å². The lowest BCUT2D eigenvalue weighted by Gasteiger charge is -2.08. The second kappa shape index (κ2) is 7.92. The van der Waals surface area contributed by atoms with Crippen molar-refractivity contribution in [1.29, 1.82) is 0 Å². The van der Waals surface area contributed by atoms with E-state index in [1.807, 2.05) is 54.6 Å². The third-order valence-corrected chi connectivity index (χ3v) is 4.10. The molecule has 1 heterocycles. The number of nitrogens with zero attached hydrogens (tertiary/aromatic N) is 1. The first-order valence-corrected chi connectivity index (χ1v) is 8.41. The fourth-order valence-electron chi connectivity index (χ4n) is 2.14. The van der Waals surface area contributed by atoms with E-state index >= 15 is 0 Å². The monoisotopic (exact) mass is 342 g/mol. The number of ether oxygens (including phenoxy) is 1. The van der Waals surface area contributed by atoms with E-state index in [0.29, 0.717) is 17.4 Å². The first-order valence-electron chi connectivity index (χ1n) is 7.53. The van der Waals surface area contributed by atoms with E-state index in [0.717, 1.165) is 17.0 Å². The number of hydrogen-bond acceptors (Lipinski definition) is 6. The Balaban J connectivity index is 1.55. The number of nitrogens with one attached hydrogen (secondary N) is 1. The highest BCUT2D eigenvalue weighted by molar-refractivity contribution is 7.13. The van der Waals surface area contributed by atoms with Crippen LogP contribution in [0.3, 0.4) is 0 Å². The third kappa shape index (κ3) is 4.79. The zero-order valence-electron chi connectivity index (χ0n) is 12.9. The van der Waals surface area contributed by atoms with Gasteiger partial charge in [0.05, 0.1) is 5.69 Å². The first kappa shape index (κ1) is 16.4. The van der Waals surface area contributed by atoms with Crippen molar-refractivity contribution in [3.8, 4) is 5.75 Å². The zero-order valence-corrected chi connectivity index (χ0v) is 13.7. The second-order valence-electron chi connectivity index (χ2n) is 5.25. The van der Waals surface area contributed by atoms with Crippen LogP contribution in [0.1, 0.15) is 11.3 Å². The maximum Gasteiger partial charge on any atom is 0.187 e. The van der Waals surface area contributed by atoms with Crippen LogP contribution in [-0.4, -0.2) is 21.5 Å². The van der Waals surface area contributed by atoms with E-state index < -0.39 is 6.29 Å². The number of rotatable bonds is 7. The van der Waals surface area contributed by atoms with Gasteiger partial charge < -0.3 is 20.3 Å². The molecule has 0 amide bonds. The lowest BCUT2D eigenvalue weighted by molar-refractivity contribution is -0.0386. The van der Waals surface area contributed by atoms with Gasteiger partial charge in [0.2, 0.25) is 0 Å². The fraction of sp³-hybridized carbons (Fsp3) is 0.167. The van der Waals surface area contributed by atoms with Crippen molar-refractivity contribution < 1.29 is 14.9 Å². The quantitative estimate of drug-likeness (QED) is 0.574. The maximum absolute atomic E-state index is 8.95. The van der Waals surface area contributed by atoms with Gasteiger partial charge in [-0.25, -0.2) is 4.98 Å². The van der Waals surface area contributed by atoms with Gasteiger partial charge in [-0.2, -0.15) is 0 Å². The van der Waals surface area contributed by atoms with Crippen LogP contribution < -0.4 is 10.1 Å². The number of thiazole rings is 1. The van der Waals surface area contributed by atoms with Crippen molar-refractivity contribution in [3.63, 3.8) is 0 Å². The highest BCUT2D eigenvalue weighted by Gasteiger charge is 2.06. The Labute approximate surface area is 144 Å². The topological polar surface area (TPSA) is 74.6 Å². The molecule has 24 heavy (non-hydrogen) atoms. The molecule has 0 aliphatic carbocycles. The summed E-state index contributed by atoms with van der Waals surface area (Å²) in [5.74, 6) is 0.799. The van der Waals surface area contributed by atoms with Crippen LogP contribution >= 0.6 is 11.3 Å². The summed E-state index contributed by atoms with van der Waals surface area (Å²) in [5, 5.41) is 23.6. The highest BCUT2D eigenvalue weighted by Crippen LogP contribution is 2.23. The predicted molar refractivity (Wildman–Crippen MR) is 94.5 cm³/mol. The summed E-state index contributed by atoms with van der Waals surface area (Å²) in [5.41, 5.74) is 2.67. The molecule has 5 nitrogen and oxygen atoms in total. The zero-order chi connectivity index (χ0) is 16.8. The van der Waals surface area contributed by atoms with Crippen LogP contribution in [0.2, 0.25) is 0 Å². The van der Waals surface area contributed by atoms with Gasteiger partial charge in [-0.1, -0.05) is 30.3 Å². The van der Waals surface area contributed by atoms with Crippen molar-refractivity contribution in [2.24, 2.45) is 0 Å². The number of anilines is 2. The van der Waals surface area contributed by atoms with Crippen LogP contribution in [0.4, 0.5) is 10.8 Å². The highest BCUT2D eigenvalue weighted by atomic mass is 32.1. The Bertz CT molecular complexity index is 757. The van der Waals surface area contributed by atoms with Gasteiger partial charge in [0.15, 0.2) is 11.4 Å². The summed E-state index contributed by atoms with van der Waals surface area (Å²) < 4.78 is 5.75. The SMILES string of the molecule is OC(O)Cc1csc(Nc2ccc(OCc3ccccc3)cc2)n1. The van der Waals surface area contributed by atoms with Gasteiger partial charge in [-0.05, 0) is 29.8 Å². The summed E-state index contributed by atoms with van der Waals surface area (Å²) in [6, 6.07) is 17.7. The third-order valence-electron chi connectivity index (χ3n) is 3.30. The van der Waals surface area contributed by atoms with Gasteiger partial charge >= 0.3 is 0 Å². The Morgan fingerprint density at radius 3 is 2.50 bits per heavy atom. The minimum absolute atomic E-state index is 0.129. The molecule has 3 rings (SSSR count). The van der Waals surface area contributed by atoms with E-state index in [2.05, 4.69) is 10.3 Å². The van der Waals surface area contributed by atoms with Crippen molar-refractivity contribution in [2.75, 3.05) is 5.32 Å². The number of aromatic nitrogens is 1. The molecule has 0 bridgehead atoms. The Hall–Kier alpha value is -2.41. The van der Waals surface area contributed by atoms with Crippen molar-refractivity contribution in [3.05, 3.63) is 71.2 Å². The predicted octanol–water partition coefficient (Wildman–Crippen LogP) is 3.32. The fourth-order valence-corrected chi connectivity index (χ4v) is 2.89. The standard InChI is InChI=1S/C18H18N2O3S/c21-17(22)10-15-12-24-18(20-15)19-14-6-8-16(9-7-14)23-11-13-4-2-1-3-5-13/h1-9,12,17,21-22H,10-11H2,(H,19,20). The molecule has 0 aliphatic rings. The Morgan fingerprint density at radius 2 is 1.79 bits per heavy atom. The minimum Gasteiger partial charge on any atom is -0.489 e. The molecule has 3 aromatic rings. The molecule has 0 aliphatic heterocycles. The summed E-state index contributed by atoms with van der Waals surface area (Å²) >= 11 is 1.42. The van der Waals surface area contributed by atoms with E-state index in [1.54, 1.807) is 5.38 Å². The van der Waals surface area contributed by atoms with E-state index in [4.69, 9.17) is 14.9 Å². The number of benzene rings is 2. The lowest BCUT2D eigenvalue weighted by Crippen LogP contribution is -2.08. The average Bonchev–Trinajstić information content (AvgIpc) is 3.01. The molecule has 0 saturated carbocycles. The average molecular weight is 342 g/mol. The molecule has 124 valence electrons. The van der Waals surface area contributed by atoms with Crippen molar-refractivity contribution in [1.82, 2.24) is 4.98 Å². The normalized spacial score (nSPS) is 10.8. The van der Waals surface area contributed by atoms with Crippen molar-refractivity contribution >= 4 is 22.2 Å². The second-order valence-corrected chi connectivity index (χ2v) is 6.11. The lowest BCUT2D eigenvalue weighted by atomic mass is 10.2. The number of hydrogen-bond donors (Lipinski definition) is 3. The molecule has 0 fully saturated rings. The first-order chi connectivity index (χ1) is 11.7. The van der Waals surface area contributed by atoms with Crippen LogP contribution in [0.15, 0.2) is 60.0 Å². The Morgan fingerprint density at radius 1 is 1.04 bits per heavy atom. The van der Waals surface area contributed by atoms with Crippen LogP contribution in [0, 0.1) is 0 Å².